The van der Waals surface area contributed by atoms with Crippen LogP contribution in [0.3, 0.4) is 0 Å². The van der Waals surface area contributed by atoms with Crippen LogP contribution in [0.1, 0.15) is 17.2 Å². The summed E-state index contributed by atoms with van der Waals surface area (Å²) >= 11 is 0. The minimum Gasteiger partial charge on any atom is -0.467 e. The summed E-state index contributed by atoms with van der Waals surface area (Å²) in [5, 5.41) is 2.07. The molecule has 0 saturated heterocycles. The average Bonchev–Trinajstić information content (AvgIpc) is 2.62. The maximum absolute atomic E-state index is 12.2. The van der Waals surface area contributed by atoms with E-state index in [0.29, 0.717) is 6.61 Å². The fourth-order valence-corrected chi connectivity index (χ4v) is 2.62. The second kappa shape index (κ2) is 7.07. The number of fused-ring (bicyclic) bond motifs is 1. The molecule has 0 radical (unpaired) electrons. The third-order valence-electron chi connectivity index (χ3n) is 3.78. The van der Waals surface area contributed by atoms with E-state index in [2.05, 4.69) is 0 Å². The number of rotatable bonds is 5. The van der Waals surface area contributed by atoms with Crippen molar-refractivity contribution in [3.05, 3.63) is 83.9 Å². The summed E-state index contributed by atoms with van der Waals surface area (Å²) in [5.74, 6) is -0.391. The summed E-state index contributed by atoms with van der Waals surface area (Å²) < 4.78 is 10.8. The Bertz CT molecular complexity index is 791. The second-order valence-electron chi connectivity index (χ2n) is 5.27. The molecule has 0 aliphatic rings. The first-order chi connectivity index (χ1) is 11.3. The van der Waals surface area contributed by atoms with Gasteiger partial charge in [-0.1, -0.05) is 72.8 Å². The molecular formula is C20H18O3. The molecule has 0 aliphatic carbocycles. The Morgan fingerprint density at radius 2 is 1.61 bits per heavy atom. The molecule has 1 unspecified atom stereocenters. The molecule has 116 valence electrons. The van der Waals surface area contributed by atoms with Gasteiger partial charge in [0, 0.05) is 0 Å². The Labute approximate surface area is 135 Å². The van der Waals surface area contributed by atoms with Crippen LogP contribution in [0.2, 0.25) is 0 Å². The van der Waals surface area contributed by atoms with Gasteiger partial charge in [-0.25, -0.2) is 4.79 Å². The highest BCUT2D eigenvalue weighted by Crippen LogP contribution is 2.28. The fourth-order valence-electron chi connectivity index (χ4n) is 2.62. The summed E-state index contributed by atoms with van der Waals surface area (Å²) in [6, 6.07) is 23.6. The van der Waals surface area contributed by atoms with Crippen molar-refractivity contribution in [3.8, 4) is 0 Å². The van der Waals surface area contributed by atoms with Crippen molar-refractivity contribution in [2.24, 2.45) is 0 Å². The highest BCUT2D eigenvalue weighted by atomic mass is 16.6. The van der Waals surface area contributed by atoms with Crippen molar-refractivity contribution in [3.63, 3.8) is 0 Å². The molecule has 0 spiro atoms. The minimum absolute atomic E-state index is 0.351. The molecule has 0 saturated carbocycles. The van der Waals surface area contributed by atoms with Gasteiger partial charge in [0.2, 0.25) is 0 Å². The third kappa shape index (κ3) is 3.41. The normalized spacial score (nSPS) is 12.0. The largest absolute Gasteiger partial charge is 0.467 e. The van der Waals surface area contributed by atoms with E-state index in [1.54, 1.807) is 0 Å². The van der Waals surface area contributed by atoms with Crippen LogP contribution in [0.5, 0.6) is 0 Å². The molecule has 0 N–H and O–H groups in total. The lowest BCUT2D eigenvalue weighted by Crippen LogP contribution is -2.18. The van der Waals surface area contributed by atoms with Crippen LogP contribution in [-0.2, 0) is 20.9 Å². The summed E-state index contributed by atoms with van der Waals surface area (Å²) in [6.07, 6.45) is -0.744. The molecule has 3 heteroatoms. The van der Waals surface area contributed by atoms with Crippen molar-refractivity contribution in [1.82, 2.24) is 0 Å². The van der Waals surface area contributed by atoms with Crippen LogP contribution in [0.4, 0.5) is 0 Å². The highest BCUT2D eigenvalue weighted by Gasteiger charge is 2.24. The first-order valence-electron chi connectivity index (χ1n) is 7.50. The second-order valence-corrected chi connectivity index (χ2v) is 5.27. The van der Waals surface area contributed by atoms with Crippen molar-refractivity contribution < 1.29 is 14.3 Å². The van der Waals surface area contributed by atoms with Crippen LogP contribution >= 0.6 is 0 Å². The van der Waals surface area contributed by atoms with E-state index in [1.165, 1.54) is 7.11 Å². The van der Waals surface area contributed by atoms with Gasteiger partial charge in [-0.05, 0) is 21.9 Å². The van der Waals surface area contributed by atoms with Crippen LogP contribution < -0.4 is 0 Å². The van der Waals surface area contributed by atoms with E-state index >= 15 is 0 Å². The topological polar surface area (TPSA) is 35.5 Å². The zero-order chi connectivity index (χ0) is 16.1. The molecule has 3 nitrogen and oxygen atoms in total. The summed E-state index contributed by atoms with van der Waals surface area (Å²) in [7, 11) is 1.38. The molecule has 0 fully saturated rings. The lowest BCUT2D eigenvalue weighted by atomic mass is 10.0. The van der Waals surface area contributed by atoms with Gasteiger partial charge in [0.25, 0.3) is 0 Å². The van der Waals surface area contributed by atoms with E-state index in [0.717, 1.165) is 21.9 Å². The first kappa shape index (κ1) is 15.3. The summed E-state index contributed by atoms with van der Waals surface area (Å²) in [4.78, 5) is 12.2. The molecule has 0 bridgehead atoms. The maximum atomic E-state index is 12.2. The van der Waals surface area contributed by atoms with Crippen LogP contribution in [0, 0.1) is 0 Å². The number of carbonyl (C=O) groups excluding carboxylic acids is 1. The van der Waals surface area contributed by atoms with Gasteiger partial charge in [-0.15, -0.1) is 0 Å². The SMILES string of the molecule is COC(=O)C(OCc1ccccc1)c1cccc2ccccc12. The summed E-state index contributed by atoms with van der Waals surface area (Å²) in [6.45, 7) is 0.351. The Hall–Kier alpha value is -2.65. The van der Waals surface area contributed by atoms with Gasteiger partial charge in [0.15, 0.2) is 6.10 Å². The predicted octanol–water partition coefficient (Wildman–Crippen LogP) is 4.27. The van der Waals surface area contributed by atoms with Gasteiger partial charge in [-0.3, -0.25) is 0 Å². The zero-order valence-electron chi connectivity index (χ0n) is 12.9. The summed E-state index contributed by atoms with van der Waals surface area (Å²) in [5.41, 5.74) is 1.84. The third-order valence-corrected chi connectivity index (χ3v) is 3.78. The molecule has 0 amide bonds. The quantitative estimate of drug-likeness (QED) is 0.660. The highest BCUT2D eigenvalue weighted by molar-refractivity contribution is 5.90. The number of esters is 1. The van der Waals surface area contributed by atoms with E-state index in [-0.39, 0.29) is 0 Å². The molecule has 0 heterocycles. The van der Waals surface area contributed by atoms with Gasteiger partial charge < -0.3 is 9.47 Å². The van der Waals surface area contributed by atoms with Gasteiger partial charge >= 0.3 is 5.97 Å². The molecule has 0 aromatic heterocycles. The minimum atomic E-state index is -0.744. The molecule has 1 atom stereocenters. The Morgan fingerprint density at radius 1 is 0.913 bits per heavy atom. The lowest BCUT2D eigenvalue weighted by Gasteiger charge is -2.18. The van der Waals surface area contributed by atoms with E-state index in [1.807, 2.05) is 72.8 Å². The molecule has 23 heavy (non-hydrogen) atoms. The van der Waals surface area contributed by atoms with Gasteiger partial charge in [0.1, 0.15) is 0 Å². The Kier molecular flexibility index (Phi) is 4.69. The molecule has 3 aromatic rings. The van der Waals surface area contributed by atoms with Crippen LogP contribution in [-0.4, -0.2) is 13.1 Å². The number of hydrogen-bond acceptors (Lipinski definition) is 3. The van der Waals surface area contributed by atoms with Crippen molar-refractivity contribution >= 4 is 16.7 Å². The zero-order valence-corrected chi connectivity index (χ0v) is 12.9. The molecule has 3 aromatic carbocycles. The van der Waals surface area contributed by atoms with E-state index < -0.39 is 12.1 Å². The van der Waals surface area contributed by atoms with Crippen LogP contribution in [0.25, 0.3) is 10.8 Å². The monoisotopic (exact) mass is 306 g/mol. The first-order valence-corrected chi connectivity index (χ1v) is 7.50. The molecule has 3 rings (SSSR count). The van der Waals surface area contributed by atoms with Crippen molar-refractivity contribution in [2.75, 3.05) is 7.11 Å². The fraction of sp³-hybridized carbons (Fsp3) is 0.150. The number of carbonyl (C=O) groups is 1. The predicted molar refractivity (Wildman–Crippen MR) is 89.9 cm³/mol. The van der Waals surface area contributed by atoms with Gasteiger partial charge in [-0.2, -0.15) is 0 Å². The number of ether oxygens (including phenoxy) is 2. The standard InChI is InChI=1S/C20H18O3/c1-22-20(21)19(23-14-15-8-3-2-4-9-15)18-13-7-11-16-10-5-6-12-17(16)18/h2-13,19H,14H2,1H3. The molecular weight excluding hydrogens is 288 g/mol. The Balaban J connectivity index is 1.93. The maximum Gasteiger partial charge on any atom is 0.339 e. The van der Waals surface area contributed by atoms with E-state index in [9.17, 15) is 4.79 Å². The molecule has 0 aliphatic heterocycles. The number of methoxy groups -OCH3 is 1. The number of hydrogen-bond donors (Lipinski definition) is 0. The van der Waals surface area contributed by atoms with Crippen molar-refractivity contribution in [1.29, 1.82) is 0 Å². The average molecular weight is 306 g/mol. The number of benzene rings is 3. The van der Waals surface area contributed by atoms with Crippen LogP contribution in [0.15, 0.2) is 72.8 Å². The van der Waals surface area contributed by atoms with Crippen molar-refractivity contribution in [2.45, 2.75) is 12.7 Å². The smallest absolute Gasteiger partial charge is 0.339 e. The lowest BCUT2D eigenvalue weighted by molar-refractivity contribution is -0.155. The van der Waals surface area contributed by atoms with E-state index in [4.69, 9.17) is 9.47 Å². The Morgan fingerprint density at radius 3 is 2.39 bits per heavy atom. The van der Waals surface area contributed by atoms with Gasteiger partial charge in [0.05, 0.1) is 13.7 Å².